The van der Waals surface area contributed by atoms with Gasteiger partial charge in [0.25, 0.3) is 5.91 Å². The van der Waals surface area contributed by atoms with E-state index in [4.69, 9.17) is 0 Å². The molecule has 0 aliphatic rings. The van der Waals surface area contributed by atoms with Crippen LogP contribution in [0.15, 0.2) is 24.3 Å². The van der Waals surface area contributed by atoms with Crippen LogP contribution in [0.4, 0.5) is 11.6 Å². The number of nitrogens with one attached hydrogen (secondary N) is 2. The molecular formula is C15H19N5O. The lowest BCUT2D eigenvalue weighted by Crippen LogP contribution is -2.16. The van der Waals surface area contributed by atoms with Crippen molar-refractivity contribution in [2.45, 2.75) is 26.7 Å². The molecule has 0 atom stereocenters. The fourth-order valence-corrected chi connectivity index (χ4v) is 1.95. The predicted molar refractivity (Wildman–Crippen MR) is 82.5 cm³/mol. The molecule has 0 spiro atoms. The lowest BCUT2D eigenvalue weighted by Gasteiger charge is -2.07. The van der Waals surface area contributed by atoms with Crippen molar-refractivity contribution in [2.24, 2.45) is 0 Å². The average Bonchev–Trinajstić information content (AvgIpc) is 2.54. The van der Waals surface area contributed by atoms with Gasteiger partial charge in [0.2, 0.25) is 5.95 Å². The van der Waals surface area contributed by atoms with Crippen LogP contribution in [-0.4, -0.2) is 28.1 Å². The number of aryl methyl sites for hydroxylation is 2. The number of aromatic nitrogens is 3. The van der Waals surface area contributed by atoms with E-state index < -0.39 is 0 Å². The highest BCUT2D eigenvalue weighted by Crippen LogP contribution is 2.11. The van der Waals surface area contributed by atoms with E-state index in [1.165, 1.54) is 0 Å². The minimum atomic E-state index is -0.245. The quantitative estimate of drug-likeness (QED) is 0.881. The molecule has 6 nitrogen and oxygen atoms in total. The standard InChI is InChI=1S/C15H19N5O/c1-4-12-13(5-2)19-20-15(17-12)18-14(21)10-6-8-11(16-3)9-7-10/h6-9,16H,4-5H2,1-3H3,(H,17,18,20,21). The second-order valence-corrected chi connectivity index (χ2v) is 4.52. The van der Waals surface area contributed by atoms with Crippen molar-refractivity contribution < 1.29 is 4.79 Å². The van der Waals surface area contributed by atoms with E-state index in [0.717, 1.165) is 29.9 Å². The van der Waals surface area contributed by atoms with Gasteiger partial charge in [0.05, 0.1) is 11.4 Å². The van der Waals surface area contributed by atoms with Gasteiger partial charge in [0.15, 0.2) is 0 Å². The van der Waals surface area contributed by atoms with Gasteiger partial charge in [-0.15, -0.1) is 10.2 Å². The van der Waals surface area contributed by atoms with Crippen molar-refractivity contribution >= 4 is 17.5 Å². The molecule has 0 aliphatic heterocycles. The molecule has 1 heterocycles. The molecule has 6 heteroatoms. The molecule has 2 rings (SSSR count). The van der Waals surface area contributed by atoms with Crippen LogP contribution >= 0.6 is 0 Å². The summed E-state index contributed by atoms with van der Waals surface area (Å²) in [5.41, 5.74) is 3.24. The van der Waals surface area contributed by atoms with Gasteiger partial charge >= 0.3 is 0 Å². The first-order valence-corrected chi connectivity index (χ1v) is 6.99. The van der Waals surface area contributed by atoms with Gasteiger partial charge in [-0.3, -0.25) is 10.1 Å². The van der Waals surface area contributed by atoms with Crippen LogP contribution in [0, 0.1) is 0 Å². The van der Waals surface area contributed by atoms with Crippen LogP contribution in [0.25, 0.3) is 0 Å². The Hall–Kier alpha value is -2.50. The minimum Gasteiger partial charge on any atom is -0.388 e. The maximum atomic E-state index is 12.1. The summed E-state index contributed by atoms with van der Waals surface area (Å²) in [6.07, 6.45) is 1.54. The van der Waals surface area contributed by atoms with Crippen LogP contribution in [0.1, 0.15) is 35.6 Å². The summed E-state index contributed by atoms with van der Waals surface area (Å²) in [5.74, 6) is -0.00232. The van der Waals surface area contributed by atoms with Gasteiger partial charge in [0, 0.05) is 18.3 Å². The molecule has 0 saturated carbocycles. The Labute approximate surface area is 124 Å². The van der Waals surface area contributed by atoms with E-state index in [1.54, 1.807) is 12.1 Å². The molecule has 1 aromatic heterocycles. The predicted octanol–water partition coefficient (Wildman–Crippen LogP) is 2.29. The number of rotatable bonds is 5. The lowest BCUT2D eigenvalue weighted by molar-refractivity contribution is 0.102. The normalized spacial score (nSPS) is 10.2. The Morgan fingerprint density at radius 1 is 1.05 bits per heavy atom. The Morgan fingerprint density at radius 3 is 2.29 bits per heavy atom. The van der Waals surface area contributed by atoms with Crippen molar-refractivity contribution in [3.8, 4) is 0 Å². The second kappa shape index (κ2) is 6.78. The summed E-state index contributed by atoms with van der Waals surface area (Å²) in [4.78, 5) is 16.5. The monoisotopic (exact) mass is 285 g/mol. The van der Waals surface area contributed by atoms with Crippen LogP contribution in [0.2, 0.25) is 0 Å². The van der Waals surface area contributed by atoms with Crippen LogP contribution in [0.3, 0.4) is 0 Å². The van der Waals surface area contributed by atoms with E-state index in [0.29, 0.717) is 5.56 Å². The maximum Gasteiger partial charge on any atom is 0.258 e. The number of hydrogen-bond donors (Lipinski definition) is 2. The number of carbonyl (C=O) groups excluding carboxylic acids is 1. The van der Waals surface area contributed by atoms with Gasteiger partial charge in [-0.05, 0) is 37.1 Å². The minimum absolute atomic E-state index is 0.242. The van der Waals surface area contributed by atoms with Crippen LogP contribution in [0.5, 0.6) is 0 Å². The van der Waals surface area contributed by atoms with Crippen molar-refractivity contribution in [1.82, 2.24) is 15.2 Å². The summed E-state index contributed by atoms with van der Waals surface area (Å²) in [6.45, 7) is 4.01. The van der Waals surface area contributed by atoms with E-state index in [9.17, 15) is 4.79 Å². The highest BCUT2D eigenvalue weighted by Gasteiger charge is 2.10. The summed E-state index contributed by atoms with van der Waals surface area (Å²) < 4.78 is 0. The zero-order chi connectivity index (χ0) is 15.2. The van der Waals surface area contributed by atoms with Gasteiger partial charge in [-0.1, -0.05) is 13.8 Å². The molecule has 0 aliphatic carbocycles. The van der Waals surface area contributed by atoms with Crippen molar-refractivity contribution in [3.05, 3.63) is 41.2 Å². The molecule has 2 N–H and O–H groups in total. The zero-order valence-corrected chi connectivity index (χ0v) is 12.5. The summed E-state index contributed by atoms with van der Waals surface area (Å²) in [7, 11) is 1.83. The number of carbonyl (C=O) groups is 1. The summed E-state index contributed by atoms with van der Waals surface area (Å²) in [5, 5.41) is 13.7. The number of anilines is 2. The molecule has 21 heavy (non-hydrogen) atoms. The average molecular weight is 285 g/mol. The second-order valence-electron chi connectivity index (χ2n) is 4.52. The molecule has 1 aromatic carbocycles. The van der Waals surface area contributed by atoms with E-state index in [1.807, 2.05) is 33.0 Å². The highest BCUT2D eigenvalue weighted by molar-refractivity contribution is 6.03. The fraction of sp³-hybridized carbons (Fsp3) is 0.333. The molecule has 2 aromatic rings. The van der Waals surface area contributed by atoms with E-state index in [-0.39, 0.29) is 11.9 Å². The molecule has 0 saturated heterocycles. The highest BCUT2D eigenvalue weighted by atomic mass is 16.1. The third-order valence-corrected chi connectivity index (χ3v) is 3.17. The van der Waals surface area contributed by atoms with Crippen molar-refractivity contribution in [3.63, 3.8) is 0 Å². The Morgan fingerprint density at radius 2 is 1.71 bits per heavy atom. The topological polar surface area (TPSA) is 79.8 Å². The largest absolute Gasteiger partial charge is 0.388 e. The Bertz CT molecular complexity index is 624. The van der Waals surface area contributed by atoms with Gasteiger partial charge in [-0.25, -0.2) is 4.98 Å². The molecule has 0 radical (unpaired) electrons. The van der Waals surface area contributed by atoms with Crippen LogP contribution < -0.4 is 10.6 Å². The molecule has 1 amide bonds. The summed E-state index contributed by atoms with van der Waals surface area (Å²) >= 11 is 0. The van der Waals surface area contributed by atoms with E-state index >= 15 is 0 Å². The molecule has 110 valence electrons. The first-order valence-electron chi connectivity index (χ1n) is 6.99. The Kier molecular flexibility index (Phi) is 4.81. The lowest BCUT2D eigenvalue weighted by atomic mass is 10.2. The van der Waals surface area contributed by atoms with Crippen molar-refractivity contribution in [2.75, 3.05) is 17.7 Å². The first-order chi connectivity index (χ1) is 10.2. The fourth-order valence-electron chi connectivity index (χ4n) is 1.95. The molecule has 0 unspecified atom stereocenters. The van der Waals surface area contributed by atoms with Crippen molar-refractivity contribution in [1.29, 1.82) is 0 Å². The first kappa shape index (κ1) is 14.9. The third-order valence-electron chi connectivity index (χ3n) is 3.17. The van der Waals surface area contributed by atoms with Gasteiger partial charge < -0.3 is 5.32 Å². The number of amides is 1. The number of benzene rings is 1. The smallest absolute Gasteiger partial charge is 0.258 e. The zero-order valence-electron chi connectivity index (χ0n) is 12.5. The third kappa shape index (κ3) is 3.53. The molecule has 0 fully saturated rings. The number of hydrogen-bond acceptors (Lipinski definition) is 5. The van der Waals surface area contributed by atoms with E-state index in [2.05, 4.69) is 25.8 Å². The summed E-state index contributed by atoms with van der Waals surface area (Å²) in [6, 6.07) is 7.17. The van der Waals surface area contributed by atoms with Gasteiger partial charge in [0.1, 0.15) is 0 Å². The molecule has 0 bridgehead atoms. The SMILES string of the molecule is CCc1nnc(NC(=O)c2ccc(NC)cc2)nc1CC. The van der Waals surface area contributed by atoms with Crippen LogP contribution in [-0.2, 0) is 12.8 Å². The van der Waals surface area contributed by atoms with Gasteiger partial charge in [-0.2, -0.15) is 0 Å². The molecular weight excluding hydrogens is 266 g/mol. The maximum absolute atomic E-state index is 12.1. The Balaban J connectivity index is 2.14. The number of nitrogens with zero attached hydrogens (tertiary/aromatic N) is 3.